The second-order valence-electron chi connectivity index (χ2n) is 5.51. The number of rotatable bonds is 5. The van der Waals surface area contributed by atoms with Gasteiger partial charge in [-0.15, -0.1) is 10.2 Å². The van der Waals surface area contributed by atoms with E-state index in [-0.39, 0.29) is 16.1 Å². The molecule has 1 fully saturated rings. The third-order valence-electron chi connectivity index (χ3n) is 3.90. The fraction of sp³-hybridized carbons (Fsp3) is 0.400. The lowest BCUT2D eigenvalue weighted by atomic mass is 10.3. The topological polar surface area (TPSA) is 83.5 Å². The zero-order chi connectivity index (χ0) is 17.9. The van der Waals surface area contributed by atoms with Crippen LogP contribution in [0.15, 0.2) is 45.1 Å². The molecule has 134 valence electrons. The molecule has 1 aromatic carbocycles. The van der Waals surface area contributed by atoms with E-state index < -0.39 is 10.0 Å². The van der Waals surface area contributed by atoms with E-state index in [1.165, 1.54) is 27.4 Å². The van der Waals surface area contributed by atoms with Crippen molar-refractivity contribution in [2.75, 3.05) is 26.2 Å². The van der Waals surface area contributed by atoms with Crippen molar-refractivity contribution >= 4 is 39.0 Å². The summed E-state index contributed by atoms with van der Waals surface area (Å²) in [5.41, 5.74) is 1.63. The number of nitrogens with zero attached hydrogens (tertiary/aromatic N) is 4. The monoisotopic (exact) mass is 398 g/mol. The van der Waals surface area contributed by atoms with Crippen LogP contribution >= 0.6 is 23.1 Å². The molecule has 0 aliphatic carbocycles. The Balaban J connectivity index is 1.59. The molecule has 1 aromatic heterocycles. The lowest BCUT2D eigenvalue weighted by Crippen LogP contribution is -2.52. The summed E-state index contributed by atoms with van der Waals surface area (Å²) in [5.74, 6) is -0.00282. The van der Waals surface area contributed by atoms with Gasteiger partial charge in [-0.2, -0.15) is 4.31 Å². The molecule has 10 heteroatoms. The Kier molecular flexibility index (Phi) is 5.72. The minimum Gasteiger partial charge on any atom is -0.339 e. The maximum atomic E-state index is 12.6. The molecule has 2 aromatic rings. The first kappa shape index (κ1) is 18.3. The van der Waals surface area contributed by atoms with Crippen molar-refractivity contribution in [3.05, 3.63) is 35.8 Å². The average Bonchev–Trinajstić information content (AvgIpc) is 3.15. The van der Waals surface area contributed by atoms with Crippen molar-refractivity contribution < 1.29 is 13.2 Å². The molecule has 0 spiro atoms. The number of carbonyl (C=O) groups excluding carboxylic acids is 1. The molecule has 25 heavy (non-hydrogen) atoms. The Hall–Kier alpha value is -1.49. The van der Waals surface area contributed by atoms with Gasteiger partial charge in [0.1, 0.15) is 5.51 Å². The van der Waals surface area contributed by atoms with Crippen LogP contribution in [0.25, 0.3) is 0 Å². The number of thioether (sulfide) groups is 1. The molecule has 1 amide bonds. The standard InChI is InChI=1S/C15H18N4O3S3/c1-12(24-15-17-16-11-23-15)14(20)18-7-9-19(10-8-18)25(21,22)13-5-3-2-4-6-13/h2-6,11-12H,7-10H2,1H3/t12-/m0/s1. The molecular weight excluding hydrogens is 380 g/mol. The Morgan fingerprint density at radius 1 is 1.20 bits per heavy atom. The van der Waals surface area contributed by atoms with Crippen LogP contribution in [0.4, 0.5) is 0 Å². The number of piperazine rings is 1. The van der Waals surface area contributed by atoms with Gasteiger partial charge in [0.15, 0.2) is 4.34 Å². The zero-order valence-corrected chi connectivity index (χ0v) is 16.1. The number of hydrogen-bond donors (Lipinski definition) is 0. The molecule has 1 aliphatic rings. The van der Waals surface area contributed by atoms with Crippen molar-refractivity contribution in [1.82, 2.24) is 19.4 Å². The van der Waals surface area contributed by atoms with E-state index in [1.807, 2.05) is 6.92 Å². The number of benzene rings is 1. The van der Waals surface area contributed by atoms with Gasteiger partial charge in [-0.1, -0.05) is 41.3 Å². The average molecular weight is 399 g/mol. The van der Waals surface area contributed by atoms with Crippen molar-refractivity contribution in [2.24, 2.45) is 0 Å². The second-order valence-corrected chi connectivity index (χ2v) is 9.87. The largest absolute Gasteiger partial charge is 0.339 e. The van der Waals surface area contributed by atoms with Crippen LogP contribution in [0.3, 0.4) is 0 Å². The number of aromatic nitrogens is 2. The summed E-state index contributed by atoms with van der Waals surface area (Å²) >= 11 is 2.78. The lowest BCUT2D eigenvalue weighted by Gasteiger charge is -2.35. The molecule has 1 saturated heterocycles. The highest BCUT2D eigenvalue weighted by Crippen LogP contribution is 2.26. The number of carbonyl (C=O) groups is 1. The Morgan fingerprint density at radius 2 is 1.88 bits per heavy atom. The summed E-state index contributed by atoms with van der Waals surface area (Å²) in [6, 6.07) is 8.38. The molecular formula is C15H18N4O3S3. The van der Waals surface area contributed by atoms with Crippen LogP contribution in [0.5, 0.6) is 0 Å². The number of amides is 1. The molecule has 1 aliphatic heterocycles. The predicted octanol–water partition coefficient (Wildman–Crippen LogP) is 1.55. The Morgan fingerprint density at radius 3 is 2.48 bits per heavy atom. The quantitative estimate of drug-likeness (QED) is 0.711. The number of sulfonamides is 1. The van der Waals surface area contributed by atoms with Gasteiger partial charge in [0.25, 0.3) is 0 Å². The van der Waals surface area contributed by atoms with Gasteiger partial charge in [-0.25, -0.2) is 8.42 Å². The molecule has 0 bridgehead atoms. The molecule has 2 heterocycles. The summed E-state index contributed by atoms with van der Waals surface area (Å²) in [6.45, 7) is 3.23. The fourth-order valence-electron chi connectivity index (χ4n) is 2.56. The van der Waals surface area contributed by atoms with Gasteiger partial charge < -0.3 is 4.90 Å². The van der Waals surface area contributed by atoms with Crippen LogP contribution in [-0.2, 0) is 14.8 Å². The Labute approximate surface area is 155 Å². The summed E-state index contributed by atoms with van der Waals surface area (Å²) in [6.07, 6.45) is 0. The summed E-state index contributed by atoms with van der Waals surface area (Å²) < 4.78 is 27.4. The van der Waals surface area contributed by atoms with Crippen LogP contribution in [-0.4, -0.2) is 65.2 Å². The van der Waals surface area contributed by atoms with E-state index in [9.17, 15) is 13.2 Å². The fourth-order valence-corrected chi connectivity index (χ4v) is 5.72. The van der Waals surface area contributed by atoms with Crippen LogP contribution in [0, 0.1) is 0 Å². The second kappa shape index (κ2) is 7.81. The highest BCUT2D eigenvalue weighted by atomic mass is 32.2. The molecule has 3 rings (SSSR count). The highest BCUT2D eigenvalue weighted by Gasteiger charge is 2.31. The SMILES string of the molecule is C[C@H](Sc1nncs1)C(=O)N1CCN(S(=O)(=O)c2ccccc2)CC1. The first-order valence-electron chi connectivity index (χ1n) is 7.75. The maximum Gasteiger partial charge on any atom is 0.243 e. The normalized spacial score (nSPS) is 17.4. The van der Waals surface area contributed by atoms with E-state index in [4.69, 9.17) is 0 Å². The molecule has 0 unspecified atom stereocenters. The summed E-state index contributed by atoms with van der Waals surface area (Å²) in [4.78, 5) is 14.5. The highest BCUT2D eigenvalue weighted by molar-refractivity contribution is 8.02. The van der Waals surface area contributed by atoms with Gasteiger partial charge >= 0.3 is 0 Å². The van der Waals surface area contributed by atoms with Gasteiger partial charge in [0, 0.05) is 26.2 Å². The van der Waals surface area contributed by atoms with Gasteiger partial charge in [-0.05, 0) is 19.1 Å². The third kappa shape index (κ3) is 4.20. The molecule has 0 N–H and O–H groups in total. The number of hydrogen-bond acceptors (Lipinski definition) is 7. The summed E-state index contributed by atoms with van der Waals surface area (Å²) in [5, 5.41) is 7.42. The lowest BCUT2D eigenvalue weighted by molar-refractivity contribution is -0.131. The van der Waals surface area contributed by atoms with E-state index in [1.54, 1.807) is 40.7 Å². The van der Waals surface area contributed by atoms with Gasteiger partial charge in [0.05, 0.1) is 10.1 Å². The smallest absolute Gasteiger partial charge is 0.243 e. The molecule has 0 saturated carbocycles. The van der Waals surface area contributed by atoms with Crippen LogP contribution in [0.2, 0.25) is 0 Å². The zero-order valence-electron chi connectivity index (χ0n) is 13.6. The Bertz CT molecular complexity index is 804. The molecule has 1 atom stereocenters. The summed E-state index contributed by atoms with van der Waals surface area (Å²) in [7, 11) is -3.50. The van der Waals surface area contributed by atoms with Crippen molar-refractivity contribution in [1.29, 1.82) is 0 Å². The van der Waals surface area contributed by atoms with Gasteiger partial charge in [-0.3, -0.25) is 4.79 Å². The third-order valence-corrected chi connectivity index (χ3v) is 7.71. The van der Waals surface area contributed by atoms with E-state index >= 15 is 0 Å². The predicted molar refractivity (Wildman–Crippen MR) is 97.0 cm³/mol. The van der Waals surface area contributed by atoms with Crippen molar-refractivity contribution in [3.8, 4) is 0 Å². The van der Waals surface area contributed by atoms with Gasteiger partial charge in [0.2, 0.25) is 15.9 Å². The molecule has 0 radical (unpaired) electrons. The first-order chi connectivity index (χ1) is 12.0. The van der Waals surface area contributed by atoms with E-state index in [0.29, 0.717) is 26.2 Å². The minimum atomic E-state index is -3.50. The van der Waals surface area contributed by atoms with E-state index in [0.717, 1.165) is 4.34 Å². The maximum absolute atomic E-state index is 12.6. The van der Waals surface area contributed by atoms with Crippen molar-refractivity contribution in [3.63, 3.8) is 0 Å². The first-order valence-corrected chi connectivity index (χ1v) is 11.0. The van der Waals surface area contributed by atoms with Crippen molar-refractivity contribution in [2.45, 2.75) is 21.4 Å². The van der Waals surface area contributed by atoms with Crippen LogP contribution < -0.4 is 0 Å². The molecule has 7 nitrogen and oxygen atoms in total. The van der Waals surface area contributed by atoms with E-state index in [2.05, 4.69) is 10.2 Å². The van der Waals surface area contributed by atoms with Crippen LogP contribution in [0.1, 0.15) is 6.92 Å². The minimum absolute atomic E-state index is 0.00282.